The van der Waals surface area contributed by atoms with Crippen molar-refractivity contribution in [3.05, 3.63) is 64.5 Å². The summed E-state index contributed by atoms with van der Waals surface area (Å²) in [5.74, 6) is -10.4. The number of nitrogens with one attached hydrogen (secondary N) is 1. The topological polar surface area (TPSA) is 92.8 Å². The molecule has 1 fully saturated rings. The Labute approximate surface area is 205 Å². The lowest BCUT2D eigenvalue weighted by Crippen LogP contribution is -2.52. The second-order valence-electron chi connectivity index (χ2n) is 8.58. The van der Waals surface area contributed by atoms with Gasteiger partial charge in [0.25, 0.3) is 5.91 Å². The summed E-state index contributed by atoms with van der Waals surface area (Å²) in [5.41, 5.74) is -0.251. The quantitative estimate of drug-likeness (QED) is 0.436. The first-order valence-electron chi connectivity index (χ1n) is 11.0. The molecule has 0 aromatic heterocycles. The van der Waals surface area contributed by atoms with Crippen LogP contribution in [0.4, 0.5) is 26.3 Å². The minimum absolute atomic E-state index is 0.0338. The van der Waals surface area contributed by atoms with Crippen LogP contribution in [0.25, 0.3) is 0 Å². The number of benzene rings is 2. The molecule has 0 bridgehead atoms. The average Bonchev–Trinajstić information content (AvgIpc) is 3.11. The lowest BCUT2D eigenvalue weighted by molar-refractivity contribution is -0.275. The number of hydrogen-bond donors (Lipinski definition) is 1. The molecule has 3 amide bonds. The SMILES string of the molecule is O=C1CCC(N2Cc3cc(CCC(=O)C(F)(F)c4ccc(F)cc4OC(F)(F)F)ccc3C2=O)C(=O)N1. The van der Waals surface area contributed by atoms with E-state index in [9.17, 15) is 45.5 Å². The van der Waals surface area contributed by atoms with Crippen LogP contribution in [0.2, 0.25) is 0 Å². The number of fused-ring (bicyclic) bond motifs is 1. The maximum atomic E-state index is 14.8. The van der Waals surface area contributed by atoms with E-state index < -0.39 is 65.4 Å². The number of aryl methyl sites for hydroxylation is 1. The van der Waals surface area contributed by atoms with Crippen molar-refractivity contribution < 1.29 is 50.3 Å². The van der Waals surface area contributed by atoms with E-state index in [0.29, 0.717) is 23.3 Å². The highest BCUT2D eigenvalue weighted by Gasteiger charge is 2.45. The first-order chi connectivity index (χ1) is 17.3. The van der Waals surface area contributed by atoms with Gasteiger partial charge < -0.3 is 9.64 Å². The van der Waals surface area contributed by atoms with Gasteiger partial charge in [0.2, 0.25) is 17.6 Å². The number of ether oxygens (including phenoxy) is 1. The third kappa shape index (κ3) is 5.44. The summed E-state index contributed by atoms with van der Waals surface area (Å²) in [7, 11) is 0. The van der Waals surface area contributed by atoms with Crippen LogP contribution in [-0.2, 0) is 33.3 Å². The summed E-state index contributed by atoms with van der Waals surface area (Å²) in [6.45, 7) is 0.0338. The fraction of sp³-hybridized carbons (Fsp3) is 0.333. The third-order valence-electron chi connectivity index (χ3n) is 6.09. The maximum Gasteiger partial charge on any atom is 0.573 e. The third-order valence-corrected chi connectivity index (χ3v) is 6.09. The Hall–Kier alpha value is -3.90. The lowest BCUT2D eigenvalue weighted by Gasteiger charge is -2.29. The number of imide groups is 1. The largest absolute Gasteiger partial charge is 0.573 e. The van der Waals surface area contributed by atoms with E-state index in [0.717, 1.165) is 0 Å². The van der Waals surface area contributed by atoms with Gasteiger partial charge in [0.1, 0.15) is 17.6 Å². The van der Waals surface area contributed by atoms with Crippen LogP contribution in [0.15, 0.2) is 36.4 Å². The van der Waals surface area contributed by atoms with Gasteiger partial charge in [0, 0.05) is 31.0 Å². The zero-order valence-electron chi connectivity index (χ0n) is 18.8. The van der Waals surface area contributed by atoms with Gasteiger partial charge in [-0.1, -0.05) is 12.1 Å². The number of Topliss-reactive ketones (excluding diaryl/α,β-unsaturated/α-hetero) is 1. The van der Waals surface area contributed by atoms with Crippen molar-refractivity contribution in [2.24, 2.45) is 0 Å². The predicted octanol–water partition coefficient (Wildman–Crippen LogP) is 3.78. The first-order valence-corrected chi connectivity index (χ1v) is 11.0. The Morgan fingerprint density at radius 1 is 1.05 bits per heavy atom. The number of carbonyl (C=O) groups is 4. The molecule has 4 rings (SSSR count). The molecular weight excluding hydrogens is 510 g/mol. The van der Waals surface area contributed by atoms with E-state index in [1.807, 2.05) is 0 Å². The highest BCUT2D eigenvalue weighted by atomic mass is 19.4. The van der Waals surface area contributed by atoms with Crippen molar-refractivity contribution in [3.8, 4) is 5.75 Å². The summed E-state index contributed by atoms with van der Waals surface area (Å²) < 4.78 is 84.2. The molecule has 0 saturated carbocycles. The van der Waals surface area contributed by atoms with E-state index in [1.54, 1.807) is 0 Å². The molecule has 7 nitrogen and oxygen atoms in total. The Kier molecular flexibility index (Phi) is 6.74. The number of piperidine rings is 1. The second-order valence-corrected chi connectivity index (χ2v) is 8.58. The summed E-state index contributed by atoms with van der Waals surface area (Å²) in [6, 6.07) is 4.51. The smallest absolute Gasteiger partial charge is 0.405 e. The van der Waals surface area contributed by atoms with Gasteiger partial charge in [0.15, 0.2) is 0 Å². The van der Waals surface area contributed by atoms with Crippen molar-refractivity contribution in [2.45, 2.75) is 50.6 Å². The minimum atomic E-state index is -5.38. The van der Waals surface area contributed by atoms with E-state index >= 15 is 0 Å². The van der Waals surface area contributed by atoms with Crippen LogP contribution >= 0.6 is 0 Å². The molecule has 1 atom stereocenters. The molecule has 1 saturated heterocycles. The fourth-order valence-electron chi connectivity index (χ4n) is 4.31. The first kappa shape index (κ1) is 26.2. The molecule has 1 unspecified atom stereocenters. The van der Waals surface area contributed by atoms with E-state index in [2.05, 4.69) is 10.1 Å². The molecule has 1 N–H and O–H groups in total. The monoisotopic (exact) mass is 528 g/mol. The highest BCUT2D eigenvalue weighted by molar-refractivity contribution is 6.05. The Balaban J connectivity index is 1.46. The number of nitrogens with zero attached hydrogens (tertiary/aromatic N) is 1. The zero-order chi connectivity index (χ0) is 27.1. The van der Waals surface area contributed by atoms with Crippen LogP contribution in [0, 0.1) is 5.82 Å². The molecule has 2 aliphatic heterocycles. The second kappa shape index (κ2) is 9.52. The summed E-state index contributed by atoms with van der Waals surface area (Å²) in [4.78, 5) is 49.9. The number of alkyl halides is 5. The van der Waals surface area contributed by atoms with Gasteiger partial charge in [-0.2, -0.15) is 8.78 Å². The number of halogens is 6. The van der Waals surface area contributed by atoms with Crippen molar-refractivity contribution in [2.75, 3.05) is 0 Å². The van der Waals surface area contributed by atoms with Crippen LogP contribution in [0.5, 0.6) is 5.75 Å². The summed E-state index contributed by atoms with van der Waals surface area (Å²) in [6.07, 6.45) is -6.16. The van der Waals surface area contributed by atoms with E-state index in [-0.39, 0.29) is 37.4 Å². The number of ketones is 1. The molecule has 2 heterocycles. The van der Waals surface area contributed by atoms with Gasteiger partial charge in [-0.05, 0) is 42.2 Å². The molecule has 37 heavy (non-hydrogen) atoms. The van der Waals surface area contributed by atoms with Crippen molar-refractivity contribution in [1.82, 2.24) is 10.2 Å². The number of amides is 3. The number of hydrogen-bond acceptors (Lipinski definition) is 5. The van der Waals surface area contributed by atoms with Gasteiger partial charge in [-0.3, -0.25) is 24.5 Å². The predicted molar refractivity (Wildman–Crippen MR) is 113 cm³/mol. The Bertz CT molecular complexity index is 1290. The van der Waals surface area contributed by atoms with Crippen LogP contribution in [-0.4, -0.2) is 40.8 Å². The van der Waals surface area contributed by atoms with Crippen molar-refractivity contribution >= 4 is 23.5 Å². The highest BCUT2D eigenvalue weighted by Crippen LogP contribution is 2.39. The number of carbonyl (C=O) groups excluding carboxylic acids is 4. The molecular formula is C24H18F6N2O5. The van der Waals surface area contributed by atoms with Crippen molar-refractivity contribution in [1.29, 1.82) is 0 Å². The molecule has 2 aromatic rings. The van der Waals surface area contributed by atoms with Gasteiger partial charge >= 0.3 is 12.3 Å². The minimum Gasteiger partial charge on any atom is -0.405 e. The Morgan fingerprint density at radius 2 is 1.78 bits per heavy atom. The van der Waals surface area contributed by atoms with Crippen LogP contribution < -0.4 is 10.1 Å². The molecule has 0 radical (unpaired) electrons. The molecule has 196 valence electrons. The van der Waals surface area contributed by atoms with Gasteiger partial charge in [-0.15, -0.1) is 13.2 Å². The summed E-state index contributed by atoms with van der Waals surface area (Å²) in [5, 5.41) is 2.17. The van der Waals surface area contributed by atoms with E-state index in [1.165, 1.54) is 23.1 Å². The molecule has 2 aromatic carbocycles. The molecule has 2 aliphatic rings. The fourth-order valence-corrected chi connectivity index (χ4v) is 4.31. The average molecular weight is 528 g/mol. The van der Waals surface area contributed by atoms with Crippen molar-refractivity contribution in [3.63, 3.8) is 0 Å². The van der Waals surface area contributed by atoms with E-state index in [4.69, 9.17) is 0 Å². The van der Waals surface area contributed by atoms with Crippen LogP contribution in [0.3, 0.4) is 0 Å². The standard InChI is InChI=1S/C24H18F6N2O5/c25-14-3-5-16(18(10-14)37-24(28,29)30)23(26,27)19(33)7-2-12-1-4-15-13(9-12)11-32(22(15)36)17-6-8-20(34)31-21(17)35/h1,3-5,9-10,17H,2,6-8,11H2,(H,31,34,35). The van der Waals surface area contributed by atoms with Gasteiger partial charge in [-0.25, -0.2) is 4.39 Å². The molecule has 0 aliphatic carbocycles. The number of rotatable bonds is 7. The normalized spacial score (nSPS) is 18.1. The lowest BCUT2D eigenvalue weighted by atomic mass is 9.97. The maximum absolute atomic E-state index is 14.8. The van der Waals surface area contributed by atoms with Crippen LogP contribution in [0.1, 0.15) is 46.3 Å². The molecule has 0 spiro atoms. The zero-order valence-corrected chi connectivity index (χ0v) is 18.8. The molecule has 13 heteroatoms. The Morgan fingerprint density at radius 3 is 2.46 bits per heavy atom. The summed E-state index contributed by atoms with van der Waals surface area (Å²) >= 11 is 0. The van der Waals surface area contributed by atoms with Gasteiger partial charge in [0.05, 0.1) is 5.56 Å².